The van der Waals surface area contributed by atoms with Gasteiger partial charge in [-0.05, 0) is 18.6 Å². The summed E-state index contributed by atoms with van der Waals surface area (Å²) in [6.07, 6.45) is 6.02. The largest absolute Gasteiger partial charge is 0.368 e. The van der Waals surface area contributed by atoms with E-state index in [-0.39, 0.29) is 0 Å². The summed E-state index contributed by atoms with van der Waals surface area (Å²) in [4.78, 5) is 8.90. The van der Waals surface area contributed by atoms with Crippen molar-refractivity contribution in [1.29, 1.82) is 0 Å². The van der Waals surface area contributed by atoms with Crippen LogP contribution in [0.1, 0.15) is 19.8 Å². The van der Waals surface area contributed by atoms with Crippen molar-refractivity contribution in [3.05, 3.63) is 36.8 Å². The van der Waals surface area contributed by atoms with Gasteiger partial charge in [-0.1, -0.05) is 25.5 Å². The zero-order valence-electron chi connectivity index (χ0n) is 10.4. The van der Waals surface area contributed by atoms with Gasteiger partial charge in [0.2, 0.25) is 0 Å². The fraction of sp³-hybridized carbons (Fsp3) is 0.286. The quantitative estimate of drug-likeness (QED) is 0.712. The fourth-order valence-electron chi connectivity index (χ4n) is 2.12. The number of imidazole rings is 1. The number of aromatic nitrogens is 3. The number of unbranched alkanes of at least 4 members (excludes halogenated alkanes) is 1. The SMILES string of the molecule is CCCCNc1nc2ccccc2n2cncc12. The highest BCUT2D eigenvalue weighted by Gasteiger charge is 2.07. The molecule has 0 spiro atoms. The number of nitrogens with one attached hydrogen (secondary N) is 1. The summed E-state index contributed by atoms with van der Waals surface area (Å²) in [7, 11) is 0. The van der Waals surface area contributed by atoms with Crippen LogP contribution in [0, 0.1) is 0 Å². The van der Waals surface area contributed by atoms with Crippen molar-refractivity contribution in [3.8, 4) is 0 Å². The van der Waals surface area contributed by atoms with Crippen LogP contribution in [0.5, 0.6) is 0 Å². The molecular formula is C14H16N4. The van der Waals surface area contributed by atoms with Gasteiger partial charge in [-0.25, -0.2) is 9.97 Å². The fourth-order valence-corrected chi connectivity index (χ4v) is 2.12. The highest BCUT2D eigenvalue weighted by Crippen LogP contribution is 2.21. The highest BCUT2D eigenvalue weighted by atomic mass is 15.1. The maximum Gasteiger partial charge on any atom is 0.152 e. The van der Waals surface area contributed by atoms with Crippen molar-refractivity contribution in [1.82, 2.24) is 14.4 Å². The minimum Gasteiger partial charge on any atom is -0.368 e. The third-order valence-corrected chi connectivity index (χ3v) is 3.08. The van der Waals surface area contributed by atoms with E-state index in [1.165, 1.54) is 6.42 Å². The molecule has 1 N–H and O–H groups in total. The maximum atomic E-state index is 4.68. The van der Waals surface area contributed by atoms with Crippen molar-refractivity contribution in [2.24, 2.45) is 0 Å². The Morgan fingerprint density at radius 2 is 2.11 bits per heavy atom. The van der Waals surface area contributed by atoms with Crippen LogP contribution in [0.15, 0.2) is 36.8 Å². The van der Waals surface area contributed by atoms with E-state index in [1.54, 1.807) is 0 Å². The lowest BCUT2D eigenvalue weighted by Crippen LogP contribution is -2.05. The molecule has 0 saturated heterocycles. The van der Waals surface area contributed by atoms with E-state index in [2.05, 4.69) is 32.7 Å². The molecule has 4 nitrogen and oxygen atoms in total. The molecule has 18 heavy (non-hydrogen) atoms. The molecule has 3 aromatic rings. The van der Waals surface area contributed by atoms with Gasteiger partial charge in [0.1, 0.15) is 5.52 Å². The molecule has 0 radical (unpaired) electrons. The molecule has 0 amide bonds. The van der Waals surface area contributed by atoms with Crippen LogP contribution in [0.2, 0.25) is 0 Å². The minimum absolute atomic E-state index is 0.916. The van der Waals surface area contributed by atoms with Crippen LogP contribution in [0.4, 0.5) is 5.82 Å². The highest BCUT2D eigenvalue weighted by molar-refractivity contribution is 5.83. The first kappa shape index (κ1) is 11.0. The number of anilines is 1. The normalized spacial score (nSPS) is 11.2. The lowest BCUT2D eigenvalue weighted by atomic mass is 10.3. The van der Waals surface area contributed by atoms with E-state index >= 15 is 0 Å². The standard InChI is InChI=1S/C14H16N4/c1-2-3-8-16-14-13-9-15-10-18(13)12-7-5-4-6-11(12)17-14/h4-7,9-10H,2-3,8H2,1H3,(H,16,17). The van der Waals surface area contributed by atoms with E-state index in [1.807, 2.05) is 30.7 Å². The molecular weight excluding hydrogens is 224 g/mol. The van der Waals surface area contributed by atoms with Gasteiger partial charge in [0.25, 0.3) is 0 Å². The second-order valence-corrected chi connectivity index (χ2v) is 4.38. The smallest absolute Gasteiger partial charge is 0.152 e. The number of benzene rings is 1. The first-order valence-electron chi connectivity index (χ1n) is 6.35. The van der Waals surface area contributed by atoms with Gasteiger partial charge >= 0.3 is 0 Å². The lowest BCUT2D eigenvalue weighted by Gasteiger charge is -2.09. The zero-order chi connectivity index (χ0) is 12.4. The second-order valence-electron chi connectivity index (χ2n) is 4.38. The Bertz CT molecular complexity index is 672. The Morgan fingerprint density at radius 3 is 3.00 bits per heavy atom. The van der Waals surface area contributed by atoms with Crippen molar-refractivity contribution in [2.45, 2.75) is 19.8 Å². The van der Waals surface area contributed by atoms with Gasteiger partial charge in [0.15, 0.2) is 5.82 Å². The van der Waals surface area contributed by atoms with Gasteiger partial charge in [0, 0.05) is 6.54 Å². The average Bonchev–Trinajstić information content (AvgIpc) is 2.89. The molecule has 0 aliphatic rings. The summed E-state index contributed by atoms with van der Waals surface area (Å²) in [5.41, 5.74) is 3.11. The number of fused-ring (bicyclic) bond motifs is 3. The Kier molecular flexibility index (Phi) is 2.84. The van der Waals surface area contributed by atoms with E-state index < -0.39 is 0 Å². The molecule has 2 aromatic heterocycles. The van der Waals surface area contributed by atoms with Crippen molar-refractivity contribution >= 4 is 22.4 Å². The summed E-state index contributed by atoms with van der Waals surface area (Å²) in [6.45, 7) is 3.13. The number of nitrogens with zero attached hydrogens (tertiary/aromatic N) is 3. The van der Waals surface area contributed by atoms with E-state index in [9.17, 15) is 0 Å². The first-order chi connectivity index (χ1) is 8.90. The van der Waals surface area contributed by atoms with Gasteiger partial charge in [0.05, 0.1) is 23.6 Å². The Hall–Kier alpha value is -2.10. The maximum absolute atomic E-state index is 4.68. The lowest BCUT2D eigenvalue weighted by molar-refractivity contribution is 0.832. The molecule has 0 saturated carbocycles. The van der Waals surface area contributed by atoms with Crippen LogP contribution in [0.25, 0.3) is 16.6 Å². The molecule has 0 aliphatic carbocycles. The summed E-state index contributed by atoms with van der Waals surface area (Å²) in [5, 5.41) is 3.39. The van der Waals surface area contributed by atoms with Gasteiger partial charge < -0.3 is 5.32 Å². The molecule has 0 fully saturated rings. The number of rotatable bonds is 4. The molecule has 4 heteroatoms. The summed E-state index contributed by atoms with van der Waals surface area (Å²) >= 11 is 0. The van der Waals surface area contributed by atoms with Crippen LogP contribution in [-0.2, 0) is 0 Å². The van der Waals surface area contributed by atoms with Gasteiger partial charge in [-0.3, -0.25) is 4.40 Å². The molecule has 3 rings (SSSR count). The number of hydrogen-bond donors (Lipinski definition) is 1. The van der Waals surface area contributed by atoms with Crippen molar-refractivity contribution in [3.63, 3.8) is 0 Å². The van der Waals surface area contributed by atoms with Crippen LogP contribution < -0.4 is 5.32 Å². The third-order valence-electron chi connectivity index (χ3n) is 3.08. The summed E-state index contributed by atoms with van der Waals surface area (Å²) in [6, 6.07) is 8.12. The van der Waals surface area contributed by atoms with E-state index in [0.29, 0.717) is 0 Å². The van der Waals surface area contributed by atoms with Gasteiger partial charge in [-0.15, -0.1) is 0 Å². The molecule has 2 heterocycles. The van der Waals surface area contributed by atoms with E-state index in [4.69, 9.17) is 0 Å². The Balaban J connectivity index is 2.13. The number of hydrogen-bond acceptors (Lipinski definition) is 3. The van der Waals surface area contributed by atoms with Crippen molar-refractivity contribution < 1.29 is 0 Å². The number of para-hydroxylation sites is 2. The predicted molar refractivity (Wildman–Crippen MR) is 73.9 cm³/mol. The monoisotopic (exact) mass is 240 g/mol. The summed E-state index contributed by atoms with van der Waals surface area (Å²) in [5.74, 6) is 0.916. The molecule has 0 unspecified atom stereocenters. The first-order valence-corrected chi connectivity index (χ1v) is 6.35. The molecule has 92 valence electrons. The molecule has 0 atom stereocenters. The van der Waals surface area contributed by atoms with Gasteiger partial charge in [-0.2, -0.15) is 0 Å². The predicted octanol–water partition coefficient (Wildman–Crippen LogP) is 3.09. The molecule has 0 bridgehead atoms. The molecule has 0 aliphatic heterocycles. The third kappa shape index (κ3) is 1.79. The van der Waals surface area contributed by atoms with Crippen LogP contribution in [0.3, 0.4) is 0 Å². The Labute approximate surface area is 106 Å². The second kappa shape index (κ2) is 4.64. The Morgan fingerprint density at radius 1 is 1.22 bits per heavy atom. The van der Waals surface area contributed by atoms with Crippen LogP contribution >= 0.6 is 0 Å². The van der Waals surface area contributed by atoms with Crippen molar-refractivity contribution in [2.75, 3.05) is 11.9 Å². The minimum atomic E-state index is 0.916. The average molecular weight is 240 g/mol. The molecule has 1 aromatic carbocycles. The topological polar surface area (TPSA) is 42.2 Å². The summed E-state index contributed by atoms with van der Waals surface area (Å²) < 4.78 is 2.08. The van der Waals surface area contributed by atoms with Crippen LogP contribution in [-0.4, -0.2) is 20.9 Å². The van der Waals surface area contributed by atoms with E-state index in [0.717, 1.165) is 35.3 Å². The zero-order valence-corrected chi connectivity index (χ0v) is 10.4.